The zero-order chi connectivity index (χ0) is 14.7. The number of methoxy groups -OCH3 is 2. The molecule has 0 bridgehead atoms. The average Bonchev–Trinajstić information content (AvgIpc) is 2.46. The molecule has 1 amide bonds. The van der Waals surface area contributed by atoms with E-state index in [0.717, 1.165) is 0 Å². The number of carbonyl (C=O) groups is 1. The summed E-state index contributed by atoms with van der Waals surface area (Å²) in [7, 11) is 3.00. The van der Waals surface area contributed by atoms with E-state index in [-0.39, 0.29) is 0 Å². The van der Waals surface area contributed by atoms with Gasteiger partial charge in [0.05, 0.1) is 30.5 Å². The number of rotatable bonds is 4. The third-order valence-corrected chi connectivity index (χ3v) is 3.02. The van der Waals surface area contributed by atoms with Crippen LogP contribution in [0.2, 0.25) is 5.02 Å². The highest BCUT2D eigenvalue weighted by Crippen LogP contribution is 2.35. The van der Waals surface area contributed by atoms with Crippen molar-refractivity contribution in [1.29, 1.82) is 0 Å². The predicted octanol–water partition coefficient (Wildman–Crippen LogP) is 2.52. The van der Waals surface area contributed by atoms with Crippen LogP contribution in [0.5, 0.6) is 11.5 Å². The molecule has 104 valence electrons. The van der Waals surface area contributed by atoms with Gasteiger partial charge in [-0.1, -0.05) is 11.6 Å². The summed E-state index contributed by atoms with van der Waals surface area (Å²) in [6.45, 7) is 0. The van der Waals surface area contributed by atoms with Crippen molar-refractivity contribution in [1.82, 2.24) is 4.98 Å². The number of ether oxygens (including phenoxy) is 2. The van der Waals surface area contributed by atoms with Crippen LogP contribution in [0.1, 0.15) is 10.4 Å². The highest BCUT2D eigenvalue weighted by molar-refractivity contribution is 6.30. The molecule has 0 aliphatic carbocycles. The van der Waals surface area contributed by atoms with Gasteiger partial charge < -0.3 is 15.2 Å². The first-order chi connectivity index (χ1) is 9.56. The van der Waals surface area contributed by atoms with Crippen LogP contribution in [0.15, 0.2) is 30.5 Å². The number of amides is 1. The molecule has 1 aromatic heterocycles. The zero-order valence-corrected chi connectivity index (χ0v) is 11.8. The summed E-state index contributed by atoms with van der Waals surface area (Å²) in [5, 5.41) is 0.509. The summed E-state index contributed by atoms with van der Waals surface area (Å²) in [5.74, 6) is 0.348. The van der Waals surface area contributed by atoms with E-state index in [1.165, 1.54) is 26.5 Å². The fraction of sp³-hybridized carbons (Fsp3) is 0.143. The number of aromatic nitrogens is 1. The second kappa shape index (κ2) is 5.79. The van der Waals surface area contributed by atoms with Crippen LogP contribution in [-0.4, -0.2) is 25.1 Å². The smallest absolute Gasteiger partial charge is 0.249 e. The normalized spacial score (nSPS) is 10.2. The lowest BCUT2D eigenvalue weighted by Gasteiger charge is -2.13. The Hall–Kier alpha value is -2.27. The molecule has 20 heavy (non-hydrogen) atoms. The Labute approximate surface area is 121 Å². The Kier molecular flexibility index (Phi) is 4.10. The van der Waals surface area contributed by atoms with Crippen molar-refractivity contribution in [2.45, 2.75) is 0 Å². The molecule has 0 aliphatic rings. The molecule has 0 spiro atoms. The van der Waals surface area contributed by atoms with Crippen molar-refractivity contribution >= 4 is 17.5 Å². The molecule has 2 aromatic rings. The quantitative estimate of drug-likeness (QED) is 0.939. The largest absolute Gasteiger partial charge is 0.493 e. The summed E-state index contributed by atoms with van der Waals surface area (Å²) in [4.78, 5) is 15.8. The predicted molar refractivity (Wildman–Crippen MR) is 76.3 cm³/mol. The molecule has 0 saturated carbocycles. The third-order valence-electron chi connectivity index (χ3n) is 2.79. The lowest BCUT2D eigenvalue weighted by Crippen LogP contribution is -2.13. The van der Waals surface area contributed by atoms with E-state index in [1.807, 2.05) is 0 Å². The number of nitrogens with two attached hydrogens (primary N) is 1. The Morgan fingerprint density at radius 2 is 1.85 bits per heavy atom. The Morgan fingerprint density at radius 3 is 2.35 bits per heavy atom. The number of carbonyl (C=O) groups excluding carboxylic acids is 1. The topological polar surface area (TPSA) is 74.4 Å². The van der Waals surface area contributed by atoms with Gasteiger partial charge in [0, 0.05) is 11.8 Å². The Balaban J connectivity index is 2.66. The molecule has 1 heterocycles. The molecular weight excluding hydrogens is 280 g/mol. The van der Waals surface area contributed by atoms with E-state index < -0.39 is 5.91 Å². The van der Waals surface area contributed by atoms with E-state index in [4.69, 9.17) is 26.8 Å². The minimum absolute atomic E-state index is 0.303. The zero-order valence-electron chi connectivity index (χ0n) is 11.0. The van der Waals surface area contributed by atoms with Crippen LogP contribution >= 0.6 is 11.6 Å². The van der Waals surface area contributed by atoms with Gasteiger partial charge in [-0.3, -0.25) is 9.78 Å². The minimum Gasteiger partial charge on any atom is -0.493 e. The van der Waals surface area contributed by atoms with Crippen molar-refractivity contribution in [3.63, 3.8) is 0 Å². The van der Waals surface area contributed by atoms with Crippen LogP contribution in [0.25, 0.3) is 11.3 Å². The Bertz CT molecular complexity index is 642. The van der Waals surface area contributed by atoms with Gasteiger partial charge >= 0.3 is 0 Å². The number of benzene rings is 1. The highest BCUT2D eigenvalue weighted by Gasteiger charge is 2.16. The van der Waals surface area contributed by atoms with Crippen LogP contribution in [-0.2, 0) is 0 Å². The van der Waals surface area contributed by atoms with Gasteiger partial charge in [0.15, 0.2) is 11.5 Å². The number of halogens is 1. The van der Waals surface area contributed by atoms with Crippen molar-refractivity contribution in [2.75, 3.05) is 14.2 Å². The average molecular weight is 293 g/mol. The van der Waals surface area contributed by atoms with E-state index in [2.05, 4.69) is 4.98 Å². The molecular formula is C14H13ClN2O3. The molecule has 0 atom stereocenters. The lowest BCUT2D eigenvalue weighted by atomic mass is 10.0. The highest BCUT2D eigenvalue weighted by atomic mass is 35.5. The second-order valence-corrected chi connectivity index (χ2v) is 4.42. The molecule has 0 unspecified atom stereocenters. The van der Waals surface area contributed by atoms with Crippen LogP contribution in [0.3, 0.4) is 0 Å². The van der Waals surface area contributed by atoms with E-state index >= 15 is 0 Å². The molecule has 2 rings (SSSR count). The summed E-state index contributed by atoms with van der Waals surface area (Å²) < 4.78 is 10.4. The van der Waals surface area contributed by atoms with Gasteiger partial charge in [0.25, 0.3) is 0 Å². The maximum atomic E-state index is 11.6. The van der Waals surface area contributed by atoms with Gasteiger partial charge in [0.2, 0.25) is 5.91 Å². The SMILES string of the molecule is COc1cc(C(N)=O)c(-c2ccc(Cl)cn2)cc1OC. The first-order valence-corrected chi connectivity index (χ1v) is 6.12. The van der Waals surface area contributed by atoms with E-state index in [0.29, 0.717) is 33.3 Å². The number of hydrogen-bond acceptors (Lipinski definition) is 4. The monoisotopic (exact) mass is 292 g/mol. The van der Waals surface area contributed by atoms with E-state index in [1.54, 1.807) is 18.2 Å². The third kappa shape index (κ3) is 2.67. The van der Waals surface area contributed by atoms with Gasteiger partial charge in [-0.05, 0) is 24.3 Å². The summed E-state index contributed by atoms with van der Waals surface area (Å²) in [6, 6.07) is 6.59. The summed E-state index contributed by atoms with van der Waals surface area (Å²) in [5.41, 5.74) is 6.85. The van der Waals surface area contributed by atoms with Crippen molar-refractivity contribution < 1.29 is 14.3 Å². The van der Waals surface area contributed by atoms with Crippen molar-refractivity contribution in [3.05, 3.63) is 41.0 Å². The van der Waals surface area contributed by atoms with Gasteiger partial charge in [0.1, 0.15) is 0 Å². The fourth-order valence-electron chi connectivity index (χ4n) is 1.83. The maximum Gasteiger partial charge on any atom is 0.249 e. The van der Waals surface area contributed by atoms with Gasteiger partial charge in [-0.2, -0.15) is 0 Å². The molecule has 0 radical (unpaired) electrons. The molecule has 6 heteroatoms. The molecule has 0 aliphatic heterocycles. The minimum atomic E-state index is -0.572. The Morgan fingerprint density at radius 1 is 1.20 bits per heavy atom. The van der Waals surface area contributed by atoms with Gasteiger partial charge in [-0.25, -0.2) is 0 Å². The van der Waals surface area contributed by atoms with Crippen LogP contribution < -0.4 is 15.2 Å². The maximum absolute atomic E-state index is 11.6. The molecule has 1 aromatic carbocycles. The number of nitrogens with zero attached hydrogens (tertiary/aromatic N) is 1. The molecule has 0 saturated heterocycles. The second-order valence-electron chi connectivity index (χ2n) is 3.98. The number of pyridine rings is 1. The number of hydrogen-bond donors (Lipinski definition) is 1. The fourth-order valence-corrected chi connectivity index (χ4v) is 1.94. The molecule has 2 N–H and O–H groups in total. The van der Waals surface area contributed by atoms with Crippen LogP contribution in [0, 0.1) is 0 Å². The summed E-state index contributed by atoms with van der Waals surface area (Å²) in [6.07, 6.45) is 1.50. The summed E-state index contributed by atoms with van der Waals surface area (Å²) >= 11 is 5.81. The molecule has 0 fully saturated rings. The standard InChI is InChI=1S/C14H13ClN2O3/c1-19-12-5-9(11-4-3-8(15)7-17-11)10(14(16)18)6-13(12)20-2/h3-7H,1-2H3,(H2,16,18). The van der Waals surface area contributed by atoms with Crippen molar-refractivity contribution in [3.8, 4) is 22.8 Å². The first-order valence-electron chi connectivity index (χ1n) is 5.74. The lowest BCUT2D eigenvalue weighted by molar-refractivity contribution is 0.100. The molecule has 5 nitrogen and oxygen atoms in total. The number of primary amides is 1. The first kappa shape index (κ1) is 14.1. The van der Waals surface area contributed by atoms with Crippen LogP contribution in [0.4, 0.5) is 0 Å². The van der Waals surface area contributed by atoms with E-state index in [9.17, 15) is 4.79 Å². The van der Waals surface area contributed by atoms with Gasteiger partial charge in [-0.15, -0.1) is 0 Å². The van der Waals surface area contributed by atoms with Crippen molar-refractivity contribution in [2.24, 2.45) is 5.73 Å².